The van der Waals surface area contributed by atoms with E-state index in [1.54, 1.807) is 11.7 Å². The van der Waals surface area contributed by atoms with Crippen molar-refractivity contribution in [1.82, 2.24) is 14.7 Å². The molecule has 20 heavy (non-hydrogen) atoms. The average molecular weight is 277 g/mol. The van der Waals surface area contributed by atoms with Gasteiger partial charge in [0.25, 0.3) is 0 Å². The molecule has 108 valence electrons. The number of hydrogen-bond acceptors (Lipinski definition) is 5. The third-order valence-electron chi connectivity index (χ3n) is 3.34. The molecule has 0 N–H and O–H groups in total. The van der Waals surface area contributed by atoms with Gasteiger partial charge in [-0.05, 0) is 12.8 Å². The highest BCUT2D eigenvalue weighted by atomic mass is 16.5. The molecule has 2 heterocycles. The van der Waals surface area contributed by atoms with Gasteiger partial charge >= 0.3 is 5.97 Å². The number of carbonyl (C=O) groups excluding carboxylic acids is 1. The van der Waals surface area contributed by atoms with Gasteiger partial charge in [0.1, 0.15) is 11.3 Å². The number of esters is 1. The molecule has 6 heteroatoms. The standard InChI is InChI=1S/C14H19N3O3/c1-11-13(14(18)19-3)12(15-16(11)2)5-4-6-17-7-9-20-10-8-17/h6-10H2,1-3H3. The van der Waals surface area contributed by atoms with Crippen molar-refractivity contribution in [3.05, 3.63) is 17.0 Å². The monoisotopic (exact) mass is 277 g/mol. The van der Waals surface area contributed by atoms with E-state index in [0.717, 1.165) is 32.0 Å². The Hall–Kier alpha value is -1.84. The molecule has 1 saturated heterocycles. The van der Waals surface area contributed by atoms with Crippen molar-refractivity contribution in [2.24, 2.45) is 7.05 Å². The SMILES string of the molecule is COC(=O)c1c(C#CCN2CCOCC2)nn(C)c1C. The molecule has 0 bridgehead atoms. The van der Waals surface area contributed by atoms with Crippen LogP contribution in [0.25, 0.3) is 0 Å². The lowest BCUT2D eigenvalue weighted by Crippen LogP contribution is -2.36. The lowest BCUT2D eigenvalue weighted by atomic mass is 10.2. The summed E-state index contributed by atoms with van der Waals surface area (Å²) in [7, 11) is 3.15. The second kappa shape index (κ2) is 6.55. The normalized spacial score (nSPS) is 15.6. The van der Waals surface area contributed by atoms with E-state index in [0.29, 0.717) is 17.8 Å². The molecule has 6 nitrogen and oxygen atoms in total. The Bertz CT molecular complexity index is 548. The molecule has 2 rings (SSSR count). The van der Waals surface area contributed by atoms with E-state index in [-0.39, 0.29) is 0 Å². The smallest absolute Gasteiger partial charge is 0.342 e. The second-order valence-corrected chi connectivity index (χ2v) is 4.61. The third kappa shape index (κ3) is 3.18. The van der Waals surface area contributed by atoms with E-state index >= 15 is 0 Å². The lowest BCUT2D eigenvalue weighted by molar-refractivity contribution is 0.0443. The predicted octanol–water partition coefficient (Wildman–Crippen LogP) is 0.199. The van der Waals surface area contributed by atoms with Crippen LogP contribution in [0, 0.1) is 18.8 Å². The van der Waals surface area contributed by atoms with Crippen LogP contribution in [0.1, 0.15) is 21.7 Å². The Morgan fingerprint density at radius 3 is 2.80 bits per heavy atom. The summed E-state index contributed by atoms with van der Waals surface area (Å²) in [6.07, 6.45) is 0. The number of aryl methyl sites for hydroxylation is 1. The van der Waals surface area contributed by atoms with E-state index in [1.165, 1.54) is 7.11 Å². The molecule has 1 aromatic heterocycles. The molecule has 0 saturated carbocycles. The van der Waals surface area contributed by atoms with Gasteiger partial charge in [-0.1, -0.05) is 5.92 Å². The van der Waals surface area contributed by atoms with E-state index < -0.39 is 5.97 Å². The van der Waals surface area contributed by atoms with Crippen LogP contribution in [-0.2, 0) is 16.5 Å². The average Bonchev–Trinajstić information content (AvgIpc) is 2.74. The summed E-state index contributed by atoms with van der Waals surface area (Å²) in [5.74, 6) is 5.64. The zero-order valence-corrected chi connectivity index (χ0v) is 12.1. The minimum atomic E-state index is -0.397. The topological polar surface area (TPSA) is 56.6 Å². The molecular weight excluding hydrogens is 258 g/mol. The van der Waals surface area contributed by atoms with Crippen molar-refractivity contribution in [2.45, 2.75) is 6.92 Å². The van der Waals surface area contributed by atoms with Crippen LogP contribution in [-0.4, -0.2) is 60.6 Å². The molecule has 0 amide bonds. The summed E-state index contributed by atoms with van der Waals surface area (Å²) < 4.78 is 11.7. The molecule has 0 radical (unpaired) electrons. The number of carbonyl (C=O) groups is 1. The maximum absolute atomic E-state index is 11.8. The van der Waals surface area contributed by atoms with Gasteiger partial charge in [0.15, 0.2) is 0 Å². The van der Waals surface area contributed by atoms with Gasteiger partial charge in [-0.3, -0.25) is 9.58 Å². The first-order chi connectivity index (χ1) is 9.63. The Labute approximate surface area is 118 Å². The summed E-state index contributed by atoms with van der Waals surface area (Å²) in [5, 5.41) is 4.26. The van der Waals surface area contributed by atoms with Gasteiger partial charge in [0.2, 0.25) is 0 Å². The maximum atomic E-state index is 11.8. The van der Waals surface area contributed by atoms with E-state index in [9.17, 15) is 4.79 Å². The summed E-state index contributed by atoms with van der Waals surface area (Å²) in [6, 6.07) is 0. The molecule has 1 aliphatic heterocycles. The zero-order valence-electron chi connectivity index (χ0n) is 12.1. The minimum Gasteiger partial charge on any atom is -0.465 e. The van der Waals surface area contributed by atoms with Crippen LogP contribution in [0.2, 0.25) is 0 Å². The van der Waals surface area contributed by atoms with Crippen LogP contribution in [0.3, 0.4) is 0 Å². The number of methoxy groups -OCH3 is 1. The number of nitrogens with zero attached hydrogens (tertiary/aromatic N) is 3. The van der Waals surface area contributed by atoms with Crippen LogP contribution in [0.15, 0.2) is 0 Å². The number of morpholine rings is 1. The summed E-state index contributed by atoms with van der Waals surface area (Å²) in [4.78, 5) is 14.0. The van der Waals surface area contributed by atoms with Crippen LogP contribution < -0.4 is 0 Å². The minimum absolute atomic E-state index is 0.397. The van der Waals surface area contributed by atoms with Gasteiger partial charge in [-0.25, -0.2) is 4.79 Å². The van der Waals surface area contributed by atoms with Crippen LogP contribution in [0.5, 0.6) is 0 Å². The molecule has 1 aliphatic rings. The Morgan fingerprint density at radius 2 is 2.15 bits per heavy atom. The van der Waals surface area contributed by atoms with Crippen molar-refractivity contribution in [3.8, 4) is 11.8 Å². The van der Waals surface area contributed by atoms with Crippen molar-refractivity contribution in [2.75, 3.05) is 40.0 Å². The fourth-order valence-electron chi connectivity index (χ4n) is 2.04. The zero-order chi connectivity index (χ0) is 14.5. The van der Waals surface area contributed by atoms with Crippen molar-refractivity contribution in [1.29, 1.82) is 0 Å². The third-order valence-corrected chi connectivity index (χ3v) is 3.34. The summed E-state index contributed by atoms with van der Waals surface area (Å²) in [5.41, 5.74) is 1.68. The number of aromatic nitrogens is 2. The Kier molecular flexibility index (Phi) is 4.77. The Balaban J connectivity index is 2.13. The van der Waals surface area contributed by atoms with Crippen molar-refractivity contribution >= 4 is 5.97 Å². The van der Waals surface area contributed by atoms with Crippen molar-refractivity contribution < 1.29 is 14.3 Å². The van der Waals surface area contributed by atoms with E-state index in [1.807, 2.05) is 6.92 Å². The highest BCUT2D eigenvalue weighted by Crippen LogP contribution is 2.13. The molecule has 0 aliphatic carbocycles. The molecule has 0 spiro atoms. The summed E-state index contributed by atoms with van der Waals surface area (Å²) in [6.45, 7) is 5.75. The predicted molar refractivity (Wildman–Crippen MR) is 73.4 cm³/mol. The molecule has 1 fully saturated rings. The van der Waals surface area contributed by atoms with Crippen LogP contribution >= 0.6 is 0 Å². The highest BCUT2D eigenvalue weighted by molar-refractivity contribution is 5.93. The molecular formula is C14H19N3O3. The van der Waals surface area contributed by atoms with E-state index in [4.69, 9.17) is 9.47 Å². The largest absolute Gasteiger partial charge is 0.465 e. The first-order valence-corrected chi connectivity index (χ1v) is 6.54. The molecule has 0 atom stereocenters. The fraction of sp³-hybridized carbons (Fsp3) is 0.571. The summed E-state index contributed by atoms with van der Waals surface area (Å²) >= 11 is 0. The van der Waals surface area contributed by atoms with Crippen LogP contribution in [0.4, 0.5) is 0 Å². The first-order valence-electron chi connectivity index (χ1n) is 6.54. The highest BCUT2D eigenvalue weighted by Gasteiger charge is 2.19. The van der Waals surface area contributed by atoms with Gasteiger partial charge in [0.05, 0.1) is 32.6 Å². The quantitative estimate of drug-likeness (QED) is 0.571. The number of hydrogen-bond donors (Lipinski definition) is 0. The van der Waals surface area contributed by atoms with Gasteiger partial charge in [0, 0.05) is 20.1 Å². The van der Waals surface area contributed by atoms with Gasteiger partial charge in [-0.2, -0.15) is 5.10 Å². The van der Waals surface area contributed by atoms with Crippen molar-refractivity contribution in [3.63, 3.8) is 0 Å². The van der Waals surface area contributed by atoms with Gasteiger partial charge in [-0.15, -0.1) is 0 Å². The fourth-order valence-corrected chi connectivity index (χ4v) is 2.04. The van der Waals surface area contributed by atoms with E-state index in [2.05, 4.69) is 21.8 Å². The molecule has 1 aromatic rings. The second-order valence-electron chi connectivity index (χ2n) is 4.61. The first kappa shape index (κ1) is 14.6. The number of ether oxygens (including phenoxy) is 2. The Morgan fingerprint density at radius 1 is 1.45 bits per heavy atom. The molecule has 0 aromatic carbocycles. The lowest BCUT2D eigenvalue weighted by Gasteiger charge is -2.24. The maximum Gasteiger partial charge on any atom is 0.342 e. The number of rotatable bonds is 2. The van der Waals surface area contributed by atoms with Gasteiger partial charge < -0.3 is 9.47 Å². The molecule has 0 unspecified atom stereocenters.